The molecule has 1 aliphatic rings. The Morgan fingerprint density at radius 3 is 2.68 bits per heavy atom. The van der Waals surface area contributed by atoms with Gasteiger partial charge in [0.05, 0.1) is 7.11 Å². The third kappa shape index (κ3) is 4.39. The molecule has 146 valence electrons. The number of carbonyl (C=O) groups excluding carboxylic acids is 1. The summed E-state index contributed by atoms with van der Waals surface area (Å²) < 4.78 is 5.17. The van der Waals surface area contributed by atoms with Crippen molar-refractivity contribution in [3.05, 3.63) is 42.6 Å². The van der Waals surface area contributed by atoms with Crippen molar-refractivity contribution in [2.45, 2.75) is 11.3 Å². The van der Waals surface area contributed by atoms with Gasteiger partial charge in [-0.15, -0.1) is 11.8 Å². The molecule has 3 heterocycles. The summed E-state index contributed by atoms with van der Waals surface area (Å²) in [6.45, 7) is 3.12. The number of benzene rings is 1. The lowest BCUT2D eigenvalue weighted by atomic mass is 10.3. The van der Waals surface area contributed by atoms with Crippen LogP contribution in [-0.4, -0.2) is 59.8 Å². The quantitative estimate of drug-likeness (QED) is 0.575. The highest BCUT2D eigenvalue weighted by Gasteiger charge is 2.23. The molecule has 1 aliphatic heterocycles. The number of thiazole rings is 1. The number of methoxy groups -OCH3 is 1. The zero-order chi connectivity index (χ0) is 19.3. The van der Waals surface area contributed by atoms with Gasteiger partial charge in [-0.05, 0) is 36.4 Å². The predicted octanol–water partition coefficient (Wildman–Crippen LogP) is 3.53. The minimum absolute atomic E-state index is 0.228. The Balaban J connectivity index is 1.24. The van der Waals surface area contributed by atoms with Gasteiger partial charge in [0, 0.05) is 49.4 Å². The van der Waals surface area contributed by atoms with Gasteiger partial charge in [-0.1, -0.05) is 11.3 Å². The maximum Gasteiger partial charge on any atom is 0.223 e. The van der Waals surface area contributed by atoms with Gasteiger partial charge < -0.3 is 14.5 Å². The van der Waals surface area contributed by atoms with Gasteiger partial charge in [0.15, 0.2) is 5.13 Å². The summed E-state index contributed by atoms with van der Waals surface area (Å²) in [7, 11) is 1.66. The Morgan fingerprint density at radius 1 is 1.18 bits per heavy atom. The maximum absolute atomic E-state index is 12.5. The van der Waals surface area contributed by atoms with Crippen molar-refractivity contribution in [1.82, 2.24) is 14.9 Å². The fourth-order valence-corrected chi connectivity index (χ4v) is 4.93. The van der Waals surface area contributed by atoms with Crippen LogP contribution in [0, 0.1) is 0 Å². The topological polar surface area (TPSA) is 58.6 Å². The van der Waals surface area contributed by atoms with E-state index in [4.69, 9.17) is 4.74 Å². The van der Waals surface area contributed by atoms with Gasteiger partial charge in [-0.3, -0.25) is 4.79 Å². The van der Waals surface area contributed by atoms with E-state index >= 15 is 0 Å². The average molecular weight is 415 g/mol. The molecule has 0 N–H and O–H groups in total. The molecule has 0 aliphatic carbocycles. The minimum Gasteiger partial charge on any atom is -0.497 e. The Morgan fingerprint density at radius 2 is 1.96 bits per heavy atom. The van der Waals surface area contributed by atoms with Crippen LogP contribution in [0.25, 0.3) is 10.3 Å². The van der Waals surface area contributed by atoms with E-state index in [0.29, 0.717) is 6.42 Å². The van der Waals surface area contributed by atoms with Crippen molar-refractivity contribution in [3.8, 4) is 5.75 Å². The second-order valence-corrected chi connectivity index (χ2v) is 8.59. The van der Waals surface area contributed by atoms with Crippen molar-refractivity contribution in [2.24, 2.45) is 0 Å². The van der Waals surface area contributed by atoms with Gasteiger partial charge in [0.1, 0.15) is 16.1 Å². The van der Waals surface area contributed by atoms with Gasteiger partial charge in [-0.25, -0.2) is 9.97 Å². The number of piperazine rings is 1. The summed E-state index contributed by atoms with van der Waals surface area (Å²) in [6.07, 6.45) is 2.35. The molecule has 6 nitrogen and oxygen atoms in total. The number of fused-ring (bicyclic) bond motifs is 1. The minimum atomic E-state index is 0.228. The standard InChI is InChI=1S/C20H22N4O2S2/c1-26-15-4-6-16(7-5-15)27-14-8-18(25)23-10-12-24(13-11-23)20-22-17-3-2-9-21-19(17)28-20/h2-7,9H,8,10-14H2,1H3. The number of ether oxygens (including phenoxy) is 1. The Hall–Kier alpha value is -2.32. The van der Waals surface area contributed by atoms with Gasteiger partial charge in [0.2, 0.25) is 5.91 Å². The smallest absolute Gasteiger partial charge is 0.223 e. The van der Waals surface area contributed by atoms with Crippen LogP contribution in [0.1, 0.15) is 6.42 Å². The number of thioether (sulfide) groups is 1. The summed E-state index contributed by atoms with van der Waals surface area (Å²) in [6, 6.07) is 11.8. The molecule has 0 unspecified atom stereocenters. The number of rotatable bonds is 6. The Bertz CT molecular complexity index is 904. The second-order valence-electron chi connectivity index (χ2n) is 6.47. The van der Waals surface area contributed by atoms with E-state index in [9.17, 15) is 4.79 Å². The number of aromatic nitrogens is 2. The number of amides is 1. The molecular formula is C20H22N4O2S2. The van der Waals surface area contributed by atoms with Crippen molar-refractivity contribution in [1.29, 1.82) is 0 Å². The van der Waals surface area contributed by atoms with E-state index in [-0.39, 0.29) is 5.91 Å². The highest BCUT2D eigenvalue weighted by Crippen LogP contribution is 2.28. The Kier molecular flexibility index (Phi) is 5.97. The van der Waals surface area contributed by atoms with Gasteiger partial charge in [0.25, 0.3) is 0 Å². The summed E-state index contributed by atoms with van der Waals surface area (Å²) >= 11 is 3.32. The van der Waals surface area contributed by atoms with E-state index in [1.807, 2.05) is 41.3 Å². The van der Waals surface area contributed by atoms with Crippen LogP contribution in [-0.2, 0) is 4.79 Å². The van der Waals surface area contributed by atoms with Crippen LogP contribution in [0.15, 0.2) is 47.5 Å². The molecule has 0 atom stereocenters. The van der Waals surface area contributed by atoms with Crippen LogP contribution < -0.4 is 9.64 Å². The van der Waals surface area contributed by atoms with E-state index < -0.39 is 0 Å². The normalized spacial score (nSPS) is 14.5. The van der Waals surface area contributed by atoms with Crippen molar-refractivity contribution >= 4 is 44.5 Å². The van der Waals surface area contributed by atoms with E-state index in [2.05, 4.69) is 14.9 Å². The number of anilines is 1. The highest BCUT2D eigenvalue weighted by molar-refractivity contribution is 7.99. The number of pyridine rings is 1. The zero-order valence-electron chi connectivity index (χ0n) is 15.7. The van der Waals surface area contributed by atoms with Crippen LogP contribution in [0.3, 0.4) is 0 Å². The fraction of sp³-hybridized carbons (Fsp3) is 0.350. The molecule has 1 aromatic carbocycles. The average Bonchev–Trinajstić information content (AvgIpc) is 3.18. The molecule has 0 spiro atoms. The van der Waals surface area contributed by atoms with Crippen molar-refractivity contribution in [2.75, 3.05) is 43.9 Å². The first-order valence-electron chi connectivity index (χ1n) is 9.24. The van der Waals surface area contributed by atoms with E-state index in [0.717, 1.165) is 58.1 Å². The lowest BCUT2D eigenvalue weighted by Gasteiger charge is -2.34. The lowest BCUT2D eigenvalue weighted by molar-refractivity contribution is -0.131. The summed E-state index contributed by atoms with van der Waals surface area (Å²) in [4.78, 5) is 27.9. The summed E-state index contributed by atoms with van der Waals surface area (Å²) in [5.41, 5.74) is 0.941. The van der Waals surface area contributed by atoms with Crippen LogP contribution in [0.5, 0.6) is 5.75 Å². The molecule has 3 aromatic rings. The zero-order valence-corrected chi connectivity index (χ0v) is 17.3. The first-order chi connectivity index (χ1) is 13.7. The third-order valence-corrected chi connectivity index (χ3v) is 6.76. The lowest BCUT2D eigenvalue weighted by Crippen LogP contribution is -2.48. The van der Waals surface area contributed by atoms with Crippen molar-refractivity contribution in [3.63, 3.8) is 0 Å². The van der Waals surface area contributed by atoms with Gasteiger partial charge >= 0.3 is 0 Å². The van der Waals surface area contributed by atoms with E-state index in [1.165, 1.54) is 0 Å². The molecule has 1 amide bonds. The number of hydrogen-bond donors (Lipinski definition) is 0. The second kappa shape index (κ2) is 8.79. The maximum atomic E-state index is 12.5. The van der Waals surface area contributed by atoms with Crippen LogP contribution in [0.2, 0.25) is 0 Å². The SMILES string of the molecule is COc1ccc(SCCC(=O)N2CCN(c3nc4cccnc4s3)CC2)cc1. The predicted molar refractivity (Wildman–Crippen MR) is 115 cm³/mol. The molecule has 1 fully saturated rings. The largest absolute Gasteiger partial charge is 0.497 e. The molecule has 28 heavy (non-hydrogen) atoms. The molecule has 0 bridgehead atoms. The fourth-order valence-electron chi connectivity index (χ4n) is 3.13. The highest BCUT2D eigenvalue weighted by atomic mass is 32.2. The Labute approximate surface area is 172 Å². The molecule has 4 rings (SSSR count). The van der Waals surface area contributed by atoms with E-state index in [1.54, 1.807) is 36.4 Å². The number of carbonyl (C=O) groups is 1. The van der Waals surface area contributed by atoms with Crippen LogP contribution >= 0.6 is 23.1 Å². The third-order valence-electron chi connectivity index (χ3n) is 4.70. The first-order valence-corrected chi connectivity index (χ1v) is 11.0. The molecule has 8 heteroatoms. The van der Waals surface area contributed by atoms with Gasteiger partial charge in [-0.2, -0.15) is 0 Å². The monoisotopic (exact) mass is 414 g/mol. The molecule has 1 saturated heterocycles. The molecule has 0 radical (unpaired) electrons. The van der Waals surface area contributed by atoms with Crippen LogP contribution in [0.4, 0.5) is 5.13 Å². The molecular weight excluding hydrogens is 392 g/mol. The number of nitrogens with zero attached hydrogens (tertiary/aromatic N) is 4. The summed E-state index contributed by atoms with van der Waals surface area (Å²) in [5.74, 6) is 1.86. The van der Waals surface area contributed by atoms with Crippen molar-refractivity contribution < 1.29 is 9.53 Å². The molecule has 0 saturated carbocycles. The molecule has 2 aromatic heterocycles. The summed E-state index contributed by atoms with van der Waals surface area (Å²) in [5, 5.41) is 0.996. The number of hydrogen-bond acceptors (Lipinski definition) is 7. The first kappa shape index (κ1) is 19.0.